The average Bonchev–Trinajstić information content (AvgIpc) is 1.81. The van der Waals surface area contributed by atoms with Crippen LogP contribution in [0, 0.1) is 5.41 Å². The summed E-state index contributed by atoms with van der Waals surface area (Å²) in [5.41, 5.74) is 0.110. The molecule has 0 aliphatic rings. The summed E-state index contributed by atoms with van der Waals surface area (Å²) >= 11 is 4.25. The van der Waals surface area contributed by atoms with E-state index in [2.05, 4.69) is 37.1 Å². The zero-order valence-corrected chi connectivity index (χ0v) is 9.90. The number of hydrogen-bond acceptors (Lipinski definition) is 3. The second-order valence-electron chi connectivity index (χ2n) is 3.94. The third kappa shape index (κ3) is 12.5. The second-order valence-corrected chi connectivity index (χ2v) is 6.60. The molecule has 13 heavy (non-hydrogen) atoms. The smallest absolute Gasteiger partial charge is 0.321 e. The van der Waals surface area contributed by atoms with E-state index in [1.54, 1.807) is 0 Å². The minimum absolute atomic E-state index is 0.110. The highest BCUT2D eigenvalue weighted by Gasteiger charge is 2.11. The molecule has 0 aliphatic carbocycles. The highest BCUT2D eigenvalue weighted by molar-refractivity contribution is 8.06. The van der Waals surface area contributed by atoms with E-state index >= 15 is 0 Å². The summed E-state index contributed by atoms with van der Waals surface area (Å²) in [7, 11) is 0. The molecule has 0 saturated heterocycles. The maximum absolute atomic E-state index is 8.68. The van der Waals surface area contributed by atoms with Gasteiger partial charge in [-0.15, -0.1) is 0 Å². The van der Waals surface area contributed by atoms with E-state index in [0.717, 1.165) is 0 Å². The van der Waals surface area contributed by atoms with Crippen molar-refractivity contribution >= 4 is 18.5 Å². The van der Waals surface area contributed by atoms with E-state index < -0.39 is 6.72 Å². The molecule has 80 valence electrons. The van der Waals surface area contributed by atoms with Crippen LogP contribution in [0.3, 0.4) is 0 Å². The maximum Gasteiger partial charge on any atom is 0.321 e. The Morgan fingerprint density at radius 2 is 1.77 bits per heavy atom. The monoisotopic (exact) mass is 228 g/mol. The zero-order valence-electron chi connectivity index (χ0n) is 8.19. The van der Waals surface area contributed by atoms with Gasteiger partial charge >= 0.3 is 6.72 Å². The van der Waals surface area contributed by atoms with Gasteiger partial charge in [-0.3, -0.25) is 0 Å². The molecule has 0 heterocycles. The molecule has 0 fully saturated rings. The summed E-state index contributed by atoms with van der Waals surface area (Å²) in [6, 6.07) is 0. The molecule has 4 nitrogen and oxygen atoms in total. The largest absolute Gasteiger partial charge is 0.378 e. The van der Waals surface area contributed by atoms with Gasteiger partial charge in [-0.2, -0.15) is 0 Å². The van der Waals surface area contributed by atoms with Gasteiger partial charge in [0.15, 0.2) is 0 Å². The molecule has 0 aliphatic heterocycles. The van der Waals surface area contributed by atoms with E-state index in [1.165, 1.54) is 0 Å². The van der Waals surface area contributed by atoms with Gasteiger partial charge in [0.1, 0.15) is 0 Å². The maximum atomic E-state index is 8.68. The molecule has 0 saturated carbocycles. The van der Waals surface area contributed by atoms with E-state index in [4.69, 9.17) is 14.5 Å². The molecule has 0 spiro atoms. The molecule has 0 aromatic rings. The highest BCUT2D eigenvalue weighted by atomic mass is 32.5. The third-order valence-electron chi connectivity index (χ3n) is 1.02. The van der Waals surface area contributed by atoms with Crippen molar-refractivity contribution in [3.8, 4) is 0 Å². The van der Waals surface area contributed by atoms with Crippen LogP contribution in [0.5, 0.6) is 0 Å². The van der Waals surface area contributed by atoms with Gasteiger partial charge in [-0.25, -0.2) is 0 Å². The van der Waals surface area contributed by atoms with Gasteiger partial charge in [-0.1, -0.05) is 20.8 Å². The van der Waals surface area contributed by atoms with Gasteiger partial charge in [0, 0.05) is 0 Å². The second kappa shape index (κ2) is 5.39. The molecular weight excluding hydrogens is 211 g/mol. The van der Waals surface area contributed by atoms with Crippen LogP contribution < -0.4 is 0 Å². The number of rotatable bonds is 5. The summed E-state index contributed by atoms with van der Waals surface area (Å²) < 4.78 is 9.77. The predicted octanol–water partition coefficient (Wildman–Crippen LogP) is 1.27. The van der Waals surface area contributed by atoms with Crippen molar-refractivity contribution in [3.05, 3.63) is 0 Å². The van der Waals surface area contributed by atoms with E-state index in [1.807, 2.05) is 0 Å². The predicted molar refractivity (Wildman–Crippen MR) is 54.9 cm³/mol. The first-order valence-electron chi connectivity index (χ1n) is 3.98. The van der Waals surface area contributed by atoms with Gasteiger partial charge in [0.25, 0.3) is 0 Å². The third-order valence-corrected chi connectivity index (χ3v) is 1.86. The molecule has 0 unspecified atom stereocenters. The Hall–Kier alpha value is 0.490. The van der Waals surface area contributed by atoms with Crippen molar-refractivity contribution in [3.63, 3.8) is 0 Å². The summed E-state index contributed by atoms with van der Waals surface area (Å²) in [6.07, 6.45) is 0. The van der Waals surface area contributed by atoms with Gasteiger partial charge in [-0.05, 0) is 17.2 Å². The molecule has 0 rings (SSSR count). The summed E-state index contributed by atoms with van der Waals surface area (Å²) in [5.74, 6) is 0. The summed E-state index contributed by atoms with van der Waals surface area (Å²) in [4.78, 5) is 17.4. The summed E-state index contributed by atoms with van der Waals surface area (Å²) in [6.45, 7) is 3.73. The molecule has 0 radical (unpaired) electrons. The molecule has 0 aromatic carbocycles. The van der Waals surface area contributed by atoms with Crippen LogP contribution >= 0.6 is 6.72 Å². The van der Waals surface area contributed by atoms with Crippen LogP contribution in [0.2, 0.25) is 0 Å². The minimum atomic E-state index is -3.49. The number of hydrogen-bond donors (Lipinski definition) is 2. The lowest BCUT2D eigenvalue weighted by Crippen LogP contribution is -2.16. The van der Waals surface area contributed by atoms with Crippen LogP contribution in [-0.4, -0.2) is 29.6 Å². The molecule has 0 aromatic heterocycles. The topological polar surface area (TPSA) is 58.9 Å². The Labute approximate surface area is 84.1 Å². The van der Waals surface area contributed by atoms with Crippen molar-refractivity contribution in [2.45, 2.75) is 20.8 Å². The van der Waals surface area contributed by atoms with Gasteiger partial charge < -0.3 is 19.0 Å². The lowest BCUT2D eigenvalue weighted by atomic mass is 9.99. The van der Waals surface area contributed by atoms with Crippen molar-refractivity contribution in [1.82, 2.24) is 0 Å². The zero-order chi connectivity index (χ0) is 10.5. The van der Waals surface area contributed by atoms with Crippen LogP contribution in [0.1, 0.15) is 20.8 Å². The fourth-order valence-electron chi connectivity index (χ4n) is 0.593. The Morgan fingerprint density at radius 1 is 1.23 bits per heavy atom. The SMILES string of the molecule is CC(C)(C)COCCOP(O)(O)=S. The van der Waals surface area contributed by atoms with Gasteiger partial charge in [0.05, 0.1) is 19.8 Å². The normalized spacial score (nSPS) is 13.3. The number of ether oxygens (including phenoxy) is 1. The Kier molecular flexibility index (Phi) is 5.59. The lowest BCUT2D eigenvalue weighted by Gasteiger charge is -2.18. The van der Waals surface area contributed by atoms with Crippen molar-refractivity contribution in [2.75, 3.05) is 19.8 Å². The molecular formula is C7H17O4PS. The van der Waals surface area contributed by atoms with Crippen LogP contribution in [0.25, 0.3) is 0 Å². The van der Waals surface area contributed by atoms with Crippen molar-refractivity contribution in [2.24, 2.45) is 5.41 Å². The van der Waals surface area contributed by atoms with Crippen molar-refractivity contribution in [1.29, 1.82) is 0 Å². The standard InChI is InChI=1S/C7H17O4PS/c1-7(2,3)6-10-4-5-11-12(8,9)13/h4-6H2,1-3H3,(H2,8,9,13). The van der Waals surface area contributed by atoms with Gasteiger partial charge in [0.2, 0.25) is 0 Å². The van der Waals surface area contributed by atoms with Crippen molar-refractivity contribution < 1.29 is 19.0 Å². The first-order valence-corrected chi connectivity index (χ1v) is 6.61. The molecule has 2 N–H and O–H groups in total. The Bertz CT molecular complexity index is 183. The van der Waals surface area contributed by atoms with E-state index in [9.17, 15) is 0 Å². The first-order chi connectivity index (χ1) is 5.71. The first kappa shape index (κ1) is 13.5. The Morgan fingerprint density at radius 3 is 2.15 bits per heavy atom. The summed E-state index contributed by atoms with van der Waals surface area (Å²) in [5, 5.41) is 0. The highest BCUT2D eigenvalue weighted by Crippen LogP contribution is 2.35. The average molecular weight is 228 g/mol. The van der Waals surface area contributed by atoms with Crippen LogP contribution in [0.15, 0.2) is 0 Å². The van der Waals surface area contributed by atoms with E-state index in [0.29, 0.717) is 13.2 Å². The molecule has 0 amide bonds. The molecule has 0 bridgehead atoms. The van der Waals surface area contributed by atoms with Crippen LogP contribution in [0.4, 0.5) is 0 Å². The minimum Gasteiger partial charge on any atom is -0.378 e. The Balaban J connectivity index is 3.33. The fourth-order valence-corrected chi connectivity index (χ4v) is 1.13. The fraction of sp³-hybridized carbons (Fsp3) is 1.00. The quantitative estimate of drug-likeness (QED) is 0.548. The molecule has 6 heteroatoms. The molecule has 0 atom stereocenters. The lowest BCUT2D eigenvalue weighted by molar-refractivity contribution is 0.0486. The van der Waals surface area contributed by atoms with Crippen LogP contribution in [-0.2, 0) is 21.1 Å². The van der Waals surface area contributed by atoms with E-state index in [-0.39, 0.29) is 12.0 Å².